The highest BCUT2D eigenvalue weighted by Crippen LogP contribution is 2.26. The van der Waals surface area contributed by atoms with E-state index in [9.17, 15) is 49.5 Å². The third kappa shape index (κ3) is 13.8. The molecule has 11 heteroatoms. The van der Waals surface area contributed by atoms with Gasteiger partial charge in [-0.3, -0.25) is 14.4 Å². The topological polar surface area (TPSA) is 199 Å². The number of allylic oxidation sites excluding steroid dienone is 1. The summed E-state index contributed by atoms with van der Waals surface area (Å²) in [6.45, 7) is 2.14. The fraction of sp³-hybridized carbons (Fsp3) is 0.581. The predicted octanol–water partition coefficient (Wildman–Crippen LogP) is 4.24. The van der Waals surface area contributed by atoms with Crippen LogP contribution in [0.15, 0.2) is 36.4 Å². The van der Waals surface area contributed by atoms with E-state index in [1.807, 2.05) is 0 Å². The number of carbonyl (C=O) groups is 5. The fourth-order valence-electron chi connectivity index (χ4n) is 4.56. The number of Topliss-reactive ketones (excluding diaryl/α,β-unsaturated/α-hetero) is 1. The van der Waals surface area contributed by atoms with Crippen LogP contribution in [0, 0.1) is 5.92 Å². The molecule has 42 heavy (non-hydrogen) atoms. The van der Waals surface area contributed by atoms with Crippen molar-refractivity contribution in [3.05, 3.63) is 42.0 Å². The van der Waals surface area contributed by atoms with E-state index in [0.717, 1.165) is 51.0 Å². The summed E-state index contributed by atoms with van der Waals surface area (Å²) in [4.78, 5) is 60.2. The second-order valence-electron chi connectivity index (χ2n) is 10.6. The van der Waals surface area contributed by atoms with Gasteiger partial charge in [-0.25, -0.2) is 9.59 Å². The first-order chi connectivity index (χ1) is 19.9. The molecule has 1 aromatic carbocycles. The Bertz CT molecular complexity index is 1050. The third-order valence-corrected chi connectivity index (χ3v) is 7.04. The standard InChI is InChI=1S/C31H45NO10/c1-2-3-4-7-10-13-23(33)14-11-8-5-6-9-12-15-25(31(42,30(40)41)21-27(35)36)28(37)32-26(29(38)39)20-22-16-18-24(34)19-17-22/h12,15-19,25-26,34,42H,2-11,13-14,20-21H2,1H3,(H,32,37)(H,35,36)(H,38,39)(H,40,41). The highest BCUT2D eigenvalue weighted by Gasteiger charge is 2.49. The van der Waals surface area contributed by atoms with Gasteiger partial charge in [0.05, 0.1) is 12.3 Å². The van der Waals surface area contributed by atoms with Crippen LogP contribution in [-0.2, 0) is 30.4 Å². The Morgan fingerprint density at radius 2 is 1.43 bits per heavy atom. The van der Waals surface area contributed by atoms with Crippen molar-refractivity contribution in [2.75, 3.05) is 0 Å². The number of phenols is 1. The molecule has 0 saturated heterocycles. The van der Waals surface area contributed by atoms with Gasteiger partial charge in [0.1, 0.15) is 17.6 Å². The summed E-state index contributed by atoms with van der Waals surface area (Å²) in [5.41, 5.74) is -2.56. The van der Waals surface area contributed by atoms with Crippen molar-refractivity contribution in [2.45, 2.75) is 108 Å². The second kappa shape index (κ2) is 19.4. The van der Waals surface area contributed by atoms with E-state index in [4.69, 9.17) is 0 Å². The molecule has 0 heterocycles. The summed E-state index contributed by atoms with van der Waals surface area (Å²) in [5.74, 6) is -7.83. The van der Waals surface area contributed by atoms with Gasteiger partial charge in [0.15, 0.2) is 5.60 Å². The number of phenolic OH excluding ortho intramolecular Hbond substituents is 1. The zero-order chi connectivity index (χ0) is 31.5. The minimum atomic E-state index is -3.02. The number of aromatic hydroxyl groups is 1. The average molecular weight is 592 g/mol. The molecule has 0 aliphatic rings. The van der Waals surface area contributed by atoms with Gasteiger partial charge in [-0.05, 0) is 43.4 Å². The van der Waals surface area contributed by atoms with Gasteiger partial charge in [-0.1, -0.05) is 69.7 Å². The van der Waals surface area contributed by atoms with Crippen LogP contribution in [-0.4, -0.2) is 66.8 Å². The largest absolute Gasteiger partial charge is 0.508 e. The number of aliphatic hydroxyl groups is 1. The van der Waals surface area contributed by atoms with E-state index >= 15 is 0 Å². The maximum Gasteiger partial charge on any atom is 0.337 e. The van der Waals surface area contributed by atoms with Crippen LogP contribution in [0.25, 0.3) is 0 Å². The highest BCUT2D eigenvalue weighted by atomic mass is 16.4. The minimum absolute atomic E-state index is 0.0401. The van der Waals surface area contributed by atoms with Crippen LogP contribution in [0.3, 0.4) is 0 Å². The van der Waals surface area contributed by atoms with Crippen LogP contribution >= 0.6 is 0 Å². The van der Waals surface area contributed by atoms with Crippen molar-refractivity contribution in [1.29, 1.82) is 0 Å². The summed E-state index contributed by atoms with van der Waals surface area (Å²) in [7, 11) is 0. The molecule has 3 atom stereocenters. The number of unbranched alkanes of at least 4 members (excludes halogenated alkanes) is 8. The van der Waals surface area contributed by atoms with Gasteiger partial charge >= 0.3 is 17.9 Å². The number of hydrogen-bond acceptors (Lipinski definition) is 7. The second-order valence-corrected chi connectivity index (χ2v) is 10.6. The van der Waals surface area contributed by atoms with Gasteiger partial charge in [-0.2, -0.15) is 0 Å². The van der Waals surface area contributed by atoms with Gasteiger partial charge in [0, 0.05) is 19.3 Å². The number of carboxylic acids is 3. The maximum absolute atomic E-state index is 13.1. The number of amides is 1. The van der Waals surface area contributed by atoms with E-state index in [1.54, 1.807) is 0 Å². The molecule has 0 aliphatic carbocycles. The number of hydrogen-bond donors (Lipinski definition) is 6. The quantitative estimate of drug-likeness (QED) is 0.0790. The van der Waals surface area contributed by atoms with Crippen LogP contribution < -0.4 is 5.32 Å². The Balaban J connectivity index is 2.77. The number of rotatable bonds is 23. The first kappa shape index (κ1) is 36.3. The number of aliphatic carboxylic acids is 3. The van der Waals surface area contributed by atoms with Crippen molar-refractivity contribution < 1.29 is 49.5 Å². The molecule has 1 amide bonds. The first-order valence-corrected chi connectivity index (χ1v) is 14.6. The van der Waals surface area contributed by atoms with Gasteiger partial charge in [0.2, 0.25) is 5.91 Å². The molecule has 0 bridgehead atoms. The van der Waals surface area contributed by atoms with Crippen LogP contribution in [0.2, 0.25) is 0 Å². The molecule has 1 rings (SSSR count). The molecule has 0 radical (unpaired) electrons. The van der Waals surface area contributed by atoms with Crippen molar-refractivity contribution in [1.82, 2.24) is 5.32 Å². The zero-order valence-electron chi connectivity index (χ0n) is 24.3. The summed E-state index contributed by atoms with van der Waals surface area (Å²) in [6.07, 6.45) is 11.1. The molecule has 3 unspecified atom stereocenters. The van der Waals surface area contributed by atoms with E-state index in [1.165, 1.54) is 36.8 Å². The number of carbonyl (C=O) groups excluding carboxylic acids is 2. The van der Waals surface area contributed by atoms with E-state index in [-0.39, 0.29) is 18.0 Å². The normalized spacial score (nSPS) is 14.1. The molecule has 0 saturated carbocycles. The molecular formula is C31H45NO10. The fourth-order valence-corrected chi connectivity index (χ4v) is 4.56. The summed E-state index contributed by atoms with van der Waals surface area (Å²) in [5, 5.41) is 50.9. The summed E-state index contributed by atoms with van der Waals surface area (Å²) in [6, 6.07) is 4.07. The van der Waals surface area contributed by atoms with Crippen LogP contribution in [0.4, 0.5) is 0 Å². The van der Waals surface area contributed by atoms with Crippen molar-refractivity contribution >= 4 is 29.6 Å². The smallest absolute Gasteiger partial charge is 0.337 e. The number of benzene rings is 1. The monoisotopic (exact) mass is 591 g/mol. The number of carboxylic acid groups (broad SMARTS) is 3. The van der Waals surface area contributed by atoms with Gasteiger partial charge < -0.3 is 30.8 Å². The lowest BCUT2D eigenvalue weighted by atomic mass is 9.82. The number of ketones is 1. The molecule has 1 aromatic rings. The highest BCUT2D eigenvalue weighted by molar-refractivity contribution is 5.94. The third-order valence-electron chi connectivity index (χ3n) is 7.04. The maximum atomic E-state index is 13.1. The zero-order valence-corrected chi connectivity index (χ0v) is 24.3. The van der Waals surface area contributed by atoms with E-state index < -0.39 is 47.8 Å². The lowest BCUT2D eigenvalue weighted by Gasteiger charge is -2.29. The molecule has 234 valence electrons. The average Bonchev–Trinajstić information content (AvgIpc) is 2.92. The first-order valence-electron chi connectivity index (χ1n) is 14.6. The molecule has 0 aliphatic heterocycles. The molecule has 0 fully saturated rings. The molecular weight excluding hydrogens is 546 g/mol. The van der Waals surface area contributed by atoms with Crippen molar-refractivity contribution in [3.63, 3.8) is 0 Å². The SMILES string of the molecule is CCCCCCCC(=O)CCCCCCC=CC(C(=O)NC(Cc1ccc(O)cc1)C(=O)O)C(O)(CC(=O)O)C(=O)O. The minimum Gasteiger partial charge on any atom is -0.508 e. The lowest BCUT2D eigenvalue weighted by molar-refractivity contribution is -0.172. The summed E-state index contributed by atoms with van der Waals surface area (Å²) >= 11 is 0. The van der Waals surface area contributed by atoms with Crippen molar-refractivity contribution in [2.24, 2.45) is 5.92 Å². The van der Waals surface area contributed by atoms with E-state index in [0.29, 0.717) is 31.2 Å². The Kier molecular flexibility index (Phi) is 16.8. The Labute approximate surface area is 246 Å². The molecule has 0 aromatic heterocycles. The predicted molar refractivity (Wildman–Crippen MR) is 155 cm³/mol. The van der Waals surface area contributed by atoms with Crippen molar-refractivity contribution in [3.8, 4) is 5.75 Å². The number of nitrogens with one attached hydrogen (secondary N) is 1. The Hall–Kier alpha value is -3.73. The summed E-state index contributed by atoms with van der Waals surface area (Å²) < 4.78 is 0. The Morgan fingerprint density at radius 3 is 1.95 bits per heavy atom. The van der Waals surface area contributed by atoms with E-state index in [2.05, 4.69) is 12.2 Å². The Morgan fingerprint density at radius 1 is 0.857 bits per heavy atom. The molecule has 0 spiro atoms. The van der Waals surface area contributed by atoms with Crippen LogP contribution in [0.1, 0.15) is 96.0 Å². The molecule has 11 nitrogen and oxygen atoms in total. The van der Waals surface area contributed by atoms with Gasteiger partial charge in [-0.15, -0.1) is 0 Å². The lowest BCUT2D eigenvalue weighted by Crippen LogP contribution is -2.55. The molecule has 6 N–H and O–H groups in total. The van der Waals surface area contributed by atoms with Crippen LogP contribution in [0.5, 0.6) is 5.75 Å². The van der Waals surface area contributed by atoms with Gasteiger partial charge in [0.25, 0.3) is 0 Å².